The van der Waals surface area contributed by atoms with Crippen molar-refractivity contribution in [2.24, 2.45) is 0 Å². The van der Waals surface area contributed by atoms with E-state index >= 15 is 0 Å². The number of nitrogen functional groups attached to an aromatic ring is 1. The minimum atomic E-state index is -4.43. The van der Waals surface area contributed by atoms with Crippen molar-refractivity contribution in [1.82, 2.24) is 4.98 Å². The summed E-state index contributed by atoms with van der Waals surface area (Å²) in [5.41, 5.74) is 4.52. The van der Waals surface area contributed by atoms with Crippen LogP contribution >= 0.6 is 11.8 Å². The van der Waals surface area contributed by atoms with Crippen LogP contribution in [-0.2, 0) is 6.18 Å². The van der Waals surface area contributed by atoms with Gasteiger partial charge in [-0.05, 0) is 12.3 Å². The highest BCUT2D eigenvalue weighted by molar-refractivity contribution is 7.98. The van der Waals surface area contributed by atoms with E-state index in [2.05, 4.69) is 4.98 Å². The van der Waals surface area contributed by atoms with Crippen molar-refractivity contribution in [2.75, 3.05) is 12.0 Å². The molecule has 1 heterocycles. The van der Waals surface area contributed by atoms with Crippen LogP contribution in [0.15, 0.2) is 17.2 Å². The highest BCUT2D eigenvalue weighted by Gasteiger charge is 2.32. The zero-order chi connectivity index (χ0) is 10.1. The molecule has 0 radical (unpaired) electrons. The minimum Gasteiger partial charge on any atom is -0.398 e. The number of nitrogens with zero attached hydrogens (tertiary/aromatic N) is 1. The van der Waals surface area contributed by atoms with E-state index in [-0.39, 0.29) is 5.69 Å². The molecular weight excluding hydrogens is 201 g/mol. The molecule has 0 spiro atoms. The van der Waals surface area contributed by atoms with Crippen LogP contribution in [0.4, 0.5) is 18.9 Å². The van der Waals surface area contributed by atoms with Crippen LogP contribution in [-0.4, -0.2) is 11.2 Å². The van der Waals surface area contributed by atoms with Gasteiger partial charge in [-0.2, -0.15) is 13.2 Å². The Labute approximate surface area is 77.3 Å². The second-order valence-corrected chi connectivity index (χ2v) is 3.16. The number of hydrogen-bond acceptors (Lipinski definition) is 3. The summed E-state index contributed by atoms with van der Waals surface area (Å²) >= 11 is 1.26. The van der Waals surface area contributed by atoms with Crippen molar-refractivity contribution in [3.63, 3.8) is 0 Å². The Morgan fingerprint density at radius 3 is 2.46 bits per heavy atom. The quantitative estimate of drug-likeness (QED) is 0.720. The van der Waals surface area contributed by atoms with E-state index in [0.717, 1.165) is 12.3 Å². The summed E-state index contributed by atoms with van der Waals surface area (Å²) in [7, 11) is 0. The standard InChI is InChI=1S/C7H7F3N2S/c1-13-5-3-12-6(2-4(5)11)7(8,9)10/h2-3H,1H3,(H2,11,12). The van der Waals surface area contributed by atoms with E-state index in [1.807, 2.05) is 0 Å². The molecule has 1 aromatic heterocycles. The normalized spacial score (nSPS) is 11.7. The van der Waals surface area contributed by atoms with Crippen LogP contribution in [0.2, 0.25) is 0 Å². The van der Waals surface area contributed by atoms with Crippen molar-refractivity contribution < 1.29 is 13.2 Å². The first-order valence-corrected chi connectivity index (χ1v) is 4.54. The van der Waals surface area contributed by atoms with Crippen molar-refractivity contribution in [3.8, 4) is 0 Å². The van der Waals surface area contributed by atoms with Crippen LogP contribution in [0.3, 0.4) is 0 Å². The van der Waals surface area contributed by atoms with Crippen LogP contribution in [0.5, 0.6) is 0 Å². The number of anilines is 1. The molecule has 0 fully saturated rings. The minimum absolute atomic E-state index is 0.106. The first-order chi connectivity index (χ1) is 5.95. The number of halogens is 3. The maximum absolute atomic E-state index is 12.1. The number of pyridine rings is 1. The molecule has 1 aromatic rings. The smallest absolute Gasteiger partial charge is 0.398 e. The fourth-order valence-corrected chi connectivity index (χ4v) is 1.24. The van der Waals surface area contributed by atoms with Gasteiger partial charge in [-0.15, -0.1) is 11.8 Å². The molecule has 0 aliphatic carbocycles. The topological polar surface area (TPSA) is 38.9 Å². The molecule has 0 saturated carbocycles. The van der Waals surface area contributed by atoms with Gasteiger partial charge >= 0.3 is 6.18 Å². The molecule has 1 rings (SSSR count). The second-order valence-electron chi connectivity index (χ2n) is 2.31. The fourth-order valence-electron chi connectivity index (χ4n) is 0.784. The number of nitrogens with two attached hydrogens (primary N) is 1. The van der Waals surface area contributed by atoms with E-state index in [1.165, 1.54) is 11.8 Å². The van der Waals surface area contributed by atoms with Gasteiger partial charge in [0.2, 0.25) is 0 Å². The van der Waals surface area contributed by atoms with Gasteiger partial charge in [-0.1, -0.05) is 0 Å². The van der Waals surface area contributed by atoms with Crippen LogP contribution in [0.1, 0.15) is 5.69 Å². The lowest BCUT2D eigenvalue weighted by molar-refractivity contribution is -0.141. The van der Waals surface area contributed by atoms with E-state index in [1.54, 1.807) is 6.26 Å². The Kier molecular flexibility index (Phi) is 2.70. The Bertz CT molecular complexity index is 311. The molecule has 2 N–H and O–H groups in total. The molecule has 0 unspecified atom stereocenters. The van der Waals surface area contributed by atoms with Crippen molar-refractivity contribution in [2.45, 2.75) is 11.1 Å². The highest BCUT2D eigenvalue weighted by atomic mass is 32.2. The molecule has 0 saturated heterocycles. The summed E-state index contributed by atoms with van der Waals surface area (Å²) in [5.74, 6) is 0. The Morgan fingerprint density at radius 1 is 1.46 bits per heavy atom. The highest BCUT2D eigenvalue weighted by Crippen LogP contribution is 2.31. The molecule has 0 atom stereocenters. The van der Waals surface area contributed by atoms with E-state index in [9.17, 15) is 13.2 Å². The van der Waals surface area contributed by atoms with Gasteiger partial charge in [-0.25, -0.2) is 0 Å². The Morgan fingerprint density at radius 2 is 2.08 bits per heavy atom. The predicted molar refractivity (Wildman–Crippen MR) is 45.4 cm³/mol. The molecule has 2 nitrogen and oxygen atoms in total. The molecule has 0 aromatic carbocycles. The van der Waals surface area contributed by atoms with Crippen molar-refractivity contribution in [1.29, 1.82) is 0 Å². The molecule has 13 heavy (non-hydrogen) atoms. The fraction of sp³-hybridized carbons (Fsp3) is 0.286. The lowest BCUT2D eigenvalue weighted by Crippen LogP contribution is -2.08. The average molecular weight is 208 g/mol. The SMILES string of the molecule is CSc1cnc(C(F)(F)F)cc1N. The second kappa shape index (κ2) is 3.45. The molecule has 72 valence electrons. The zero-order valence-corrected chi connectivity index (χ0v) is 7.54. The number of aromatic nitrogens is 1. The summed E-state index contributed by atoms with van der Waals surface area (Å²) in [6.07, 6.45) is -1.57. The summed E-state index contributed by atoms with van der Waals surface area (Å²) < 4.78 is 36.2. The van der Waals surface area contributed by atoms with Gasteiger partial charge in [0.25, 0.3) is 0 Å². The van der Waals surface area contributed by atoms with E-state index in [4.69, 9.17) is 5.73 Å². The predicted octanol–water partition coefficient (Wildman–Crippen LogP) is 2.40. The first kappa shape index (κ1) is 10.2. The molecule has 6 heteroatoms. The lowest BCUT2D eigenvalue weighted by Gasteiger charge is -2.07. The van der Waals surface area contributed by atoms with Gasteiger partial charge in [0.05, 0.1) is 0 Å². The Hall–Kier alpha value is -0.910. The van der Waals surface area contributed by atoms with Crippen molar-refractivity contribution >= 4 is 17.4 Å². The largest absolute Gasteiger partial charge is 0.433 e. The Balaban J connectivity index is 3.10. The van der Waals surface area contributed by atoms with Gasteiger partial charge in [-0.3, -0.25) is 4.98 Å². The maximum Gasteiger partial charge on any atom is 0.433 e. The first-order valence-electron chi connectivity index (χ1n) is 3.32. The third kappa shape index (κ3) is 2.27. The molecule has 0 aliphatic rings. The van der Waals surface area contributed by atoms with Crippen molar-refractivity contribution in [3.05, 3.63) is 18.0 Å². The molecular formula is C7H7F3N2S. The summed E-state index contributed by atoms with van der Waals surface area (Å²) in [4.78, 5) is 3.80. The van der Waals surface area contributed by atoms with E-state index < -0.39 is 11.9 Å². The summed E-state index contributed by atoms with van der Waals surface area (Å²) in [6.45, 7) is 0. The van der Waals surface area contributed by atoms with Gasteiger partial charge in [0.1, 0.15) is 5.69 Å². The van der Waals surface area contributed by atoms with Gasteiger partial charge < -0.3 is 5.73 Å². The van der Waals surface area contributed by atoms with Crippen LogP contribution in [0.25, 0.3) is 0 Å². The van der Waals surface area contributed by atoms with Crippen LogP contribution in [0, 0.1) is 0 Å². The molecule has 0 aliphatic heterocycles. The van der Waals surface area contributed by atoms with E-state index in [0.29, 0.717) is 4.90 Å². The maximum atomic E-state index is 12.1. The molecule has 0 bridgehead atoms. The average Bonchev–Trinajstić information content (AvgIpc) is 2.02. The van der Waals surface area contributed by atoms with Crippen LogP contribution < -0.4 is 5.73 Å². The number of alkyl halides is 3. The van der Waals surface area contributed by atoms with Gasteiger partial charge in [0, 0.05) is 16.8 Å². The summed E-state index contributed by atoms with van der Waals surface area (Å²) in [6, 6.07) is 0.839. The monoisotopic (exact) mass is 208 g/mol. The number of hydrogen-bond donors (Lipinski definition) is 1. The number of thioether (sulfide) groups is 1. The summed E-state index contributed by atoms with van der Waals surface area (Å²) in [5, 5.41) is 0. The zero-order valence-electron chi connectivity index (χ0n) is 6.72. The number of rotatable bonds is 1. The van der Waals surface area contributed by atoms with Gasteiger partial charge in [0.15, 0.2) is 0 Å². The molecule has 0 amide bonds. The third-order valence-electron chi connectivity index (χ3n) is 1.41. The third-order valence-corrected chi connectivity index (χ3v) is 2.19. The lowest BCUT2D eigenvalue weighted by atomic mass is 10.3.